The average Bonchev–Trinajstić information content (AvgIpc) is 3.05. The van der Waals surface area contributed by atoms with Crippen molar-refractivity contribution in [1.29, 1.82) is 0 Å². The fourth-order valence-electron chi connectivity index (χ4n) is 3.03. The lowest BCUT2D eigenvalue weighted by atomic mass is 10.0. The zero-order valence-corrected chi connectivity index (χ0v) is 13.1. The molecule has 1 N–H and O–H groups in total. The summed E-state index contributed by atoms with van der Waals surface area (Å²) in [6.45, 7) is 3.15. The van der Waals surface area contributed by atoms with E-state index in [0.717, 1.165) is 24.2 Å². The number of aliphatic hydroxyl groups is 1. The first-order valence-electron chi connectivity index (χ1n) is 7.30. The summed E-state index contributed by atoms with van der Waals surface area (Å²) in [5.41, 5.74) is 3.16. The van der Waals surface area contributed by atoms with Gasteiger partial charge in [0.05, 0.1) is 17.3 Å². The van der Waals surface area contributed by atoms with Crippen LogP contribution in [0, 0.1) is 18.6 Å². The van der Waals surface area contributed by atoms with Crippen molar-refractivity contribution in [2.45, 2.75) is 31.9 Å². The molecule has 0 amide bonds. The maximum absolute atomic E-state index is 14.0. The molecule has 1 saturated heterocycles. The van der Waals surface area contributed by atoms with Crippen LogP contribution in [-0.2, 0) is 6.42 Å². The predicted octanol–water partition coefficient (Wildman–Crippen LogP) is 3.08. The monoisotopic (exact) mass is 324 g/mol. The lowest BCUT2D eigenvalue weighted by Gasteiger charge is -2.24. The molecule has 0 saturated carbocycles. The van der Waals surface area contributed by atoms with Gasteiger partial charge < -0.3 is 5.11 Å². The van der Waals surface area contributed by atoms with Gasteiger partial charge in [0, 0.05) is 29.6 Å². The second-order valence-corrected chi connectivity index (χ2v) is 6.62. The Hall–Kier alpha value is -1.37. The van der Waals surface area contributed by atoms with Gasteiger partial charge in [0.1, 0.15) is 11.6 Å². The number of likely N-dealkylation sites (tertiary alicyclic amines) is 1. The summed E-state index contributed by atoms with van der Waals surface area (Å²) in [5, 5.41) is 9.94. The molecule has 0 aliphatic carbocycles. The van der Waals surface area contributed by atoms with Crippen molar-refractivity contribution in [3.05, 3.63) is 51.5 Å². The van der Waals surface area contributed by atoms with Crippen LogP contribution in [0.3, 0.4) is 0 Å². The molecule has 1 aromatic carbocycles. The SMILES string of the molecule is Cc1ncsc1CCN1C[C@H](O)C[C@H]1c1cc(F)ccc1F. The Balaban J connectivity index is 1.77. The molecule has 1 aliphatic rings. The Morgan fingerprint density at radius 2 is 2.23 bits per heavy atom. The van der Waals surface area contributed by atoms with Crippen molar-refractivity contribution in [2.24, 2.45) is 0 Å². The standard InChI is InChI=1S/C16H18F2N2OS/c1-10-16(22-9-19-10)4-5-20-8-12(21)7-15(20)13-6-11(17)2-3-14(13)18/h2-3,6,9,12,15,21H,4-5,7-8H2,1H3/t12-,15+/m1/s1. The van der Waals surface area contributed by atoms with Gasteiger partial charge in [-0.2, -0.15) is 0 Å². The van der Waals surface area contributed by atoms with Crippen LogP contribution in [0.5, 0.6) is 0 Å². The fraction of sp³-hybridized carbons (Fsp3) is 0.438. The van der Waals surface area contributed by atoms with E-state index in [9.17, 15) is 13.9 Å². The number of hydrogen-bond donors (Lipinski definition) is 1. The highest BCUT2D eigenvalue weighted by Gasteiger charge is 2.33. The van der Waals surface area contributed by atoms with Gasteiger partial charge in [-0.25, -0.2) is 13.8 Å². The average molecular weight is 324 g/mol. The van der Waals surface area contributed by atoms with Crippen LogP contribution < -0.4 is 0 Å². The lowest BCUT2D eigenvalue weighted by molar-refractivity contribution is 0.175. The molecular weight excluding hydrogens is 306 g/mol. The van der Waals surface area contributed by atoms with E-state index >= 15 is 0 Å². The van der Waals surface area contributed by atoms with Crippen molar-refractivity contribution in [3.63, 3.8) is 0 Å². The second-order valence-electron chi connectivity index (χ2n) is 5.68. The van der Waals surface area contributed by atoms with Gasteiger partial charge in [-0.05, 0) is 38.0 Å². The van der Waals surface area contributed by atoms with Crippen LogP contribution in [0.1, 0.15) is 28.6 Å². The van der Waals surface area contributed by atoms with E-state index in [1.807, 2.05) is 17.3 Å². The number of aliphatic hydroxyl groups excluding tert-OH is 1. The maximum Gasteiger partial charge on any atom is 0.128 e. The van der Waals surface area contributed by atoms with Gasteiger partial charge >= 0.3 is 0 Å². The number of rotatable bonds is 4. The van der Waals surface area contributed by atoms with Crippen LogP contribution in [0.15, 0.2) is 23.7 Å². The number of halogens is 2. The van der Waals surface area contributed by atoms with E-state index in [1.54, 1.807) is 11.3 Å². The minimum Gasteiger partial charge on any atom is -0.392 e. The topological polar surface area (TPSA) is 36.4 Å². The number of hydrogen-bond acceptors (Lipinski definition) is 4. The van der Waals surface area contributed by atoms with E-state index < -0.39 is 17.7 Å². The number of thiazole rings is 1. The maximum atomic E-state index is 14.0. The Morgan fingerprint density at radius 3 is 2.95 bits per heavy atom. The molecule has 0 radical (unpaired) electrons. The molecule has 0 spiro atoms. The van der Waals surface area contributed by atoms with Gasteiger partial charge in [-0.15, -0.1) is 11.3 Å². The first kappa shape index (κ1) is 15.5. The number of nitrogens with zero attached hydrogens (tertiary/aromatic N) is 2. The van der Waals surface area contributed by atoms with E-state index in [4.69, 9.17) is 0 Å². The molecule has 3 rings (SSSR count). The predicted molar refractivity (Wildman–Crippen MR) is 81.9 cm³/mol. The van der Waals surface area contributed by atoms with Gasteiger partial charge in [0.2, 0.25) is 0 Å². The Morgan fingerprint density at radius 1 is 1.41 bits per heavy atom. The summed E-state index contributed by atoms with van der Waals surface area (Å²) in [6.07, 6.45) is 0.730. The fourth-order valence-corrected chi connectivity index (χ4v) is 3.80. The third kappa shape index (κ3) is 3.19. The molecule has 2 heterocycles. The van der Waals surface area contributed by atoms with E-state index in [0.29, 0.717) is 25.1 Å². The van der Waals surface area contributed by atoms with Gasteiger partial charge in [0.25, 0.3) is 0 Å². The van der Waals surface area contributed by atoms with Crippen LogP contribution in [0.4, 0.5) is 8.78 Å². The summed E-state index contributed by atoms with van der Waals surface area (Å²) in [5.74, 6) is -0.865. The third-order valence-electron chi connectivity index (χ3n) is 4.17. The number of aromatic nitrogens is 1. The van der Waals surface area contributed by atoms with Crippen molar-refractivity contribution in [1.82, 2.24) is 9.88 Å². The number of benzene rings is 1. The third-order valence-corrected chi connectivity index (χ3v) is 5.16. The smallest absolute Gasteiger partial charge is 0.128 e. The summed E-state index contributed by atoms with van der Waals surface area (Å²) in [6, 6.07) is 3.23. The minimum absolute atomic E-state index is 0.279. The van der Waals surface area contributed by atoms with Crippen molar-refractivity contribution >= 4 is 11.3 Å². The highest BCUT2D eigenvalue weighted by molar-refractivity contribution is 7.09. The normalized spacial score (nSPS) is 22.4. The van der Waals surface area contributed by atoms with Crippen LogP contribution in [0.25, 0.3) is 0 Å². The summed E-state index contributed by atoms with van der Waals surface area (Å²) >= 11 is 1.60. The summed E-state index contributed by atoms with van der Waals surface area (Å²) in [4.78, 5) is 7.44. The Kier molecular flexibility index (Phi) is 4.52. The minimum atomic E-state index is -0.504. The van der Waals surface area contributed by atoms with E-state index in [1.165, 1.54) is 10.9 Å². The van der Waals surface area contributed by atoms with Crippen molar-refractivity contribution < 1.29 is 13.9 Å². The molecule has 1 fully saturated rings. The molecule has 0 bridgehead atoms. The lowest BCUT2D eigenvalue weighted by Crippen LogP contribution is -2.27. The van der Waals surface area contributed by atoms with Crippen LogP contribution in [-0.4, -0.2) is 34.2 Å². The Bertz CT molecular complexity index is 661. The summed E-state index contributed by atoms with van der Waals surface area (Å²) < 4.78 is 27.4. The second kappa shape index (κ2) is 6.40. The molecule has 3 nitrogen and oxygen atoms in total. The van der Waals surface area contributed by atoms with Crippen LogP contribution >= 0.6 is 11.3 Å². The molecule has 6 heteroatoms. The molecule has 1 aromatic heterocycles. The summed E-state index contributed by atoms with van der Waals surface area (Å²) in [7, 11) is 0. The molecule has 1 aliphatic heterocycles. The molecule has 22 heavy (non-hydrogen) atoms. The van der Waals surface area contributed by atoms with Gasteiger partial charge in [0.15, 0.2) is 0 Å². The molecule has 0 unspecified atom stereocenters. The van der Waals surface area contributed by atoms with Crippen molar-refractivity contribution in [2.75, 3.05) is 13.1 Å². The zero-order chi connectivity index (χ0) is 15.7. The number of β-amino-alcohol motifs (C(OH)–C–C–N with tert-alkyl or cyclic N) is 1. The number of aryl methyl sites for hydroxylation is 1. The van der Waals surface area contributed by atoms with Gasteiger partial charge in [-0.3, -0.25) is 4.90 Å². The molecule has 2 aromatic rings. The quantitative estimate of drug-likeness (QED) is 0.939. The largest absolute Gasteiger partial charge is 0.392 e. The highest BCUT2D eigenvalue weighted by atomic mass is 32.1. The van der Waals surface area contributed by atoms with E-state index in [-0.39, 0.29) is 6.04 Å². The highest BCUT2D eigenvalue weighted by Crippen LogP contribution is 2.34. The molecule has 2 atom stereocenters. The Labute approximate surface area is 132 Å². The first-order chi connectivity index (χ1) is 10.5. The van der Waals surface area contributed by atoms with E-state index in [2.05, 4.69) is 4.98 Å². The molecule has 118 valence electrons. The van der Waals surface area contributed by atoms with Crippen molar-refractivity contribution in [3.8, 4) is 0 Å². The zero-order valence-electron chi connectivity index (χ0n) is 12.3. The first-order valence-corrected chi connectivity index (χ1v) is 8.18. The van der Waals surface area contributed by atoms with Crippen LogP contribution in [0.2, 0.25) is 0 Å². The molecular formula is C16H18F2N2OS. The van der Waals surface area contributed by atoms with Gasteiger partial charge in [-0.1, -0.05) is 0 Å².